The van der Waals surface area contributed by atoms with Gasteiger partial charge in [-0.25, -0.2) is 9.59 Å². The Balaban J connectivity index is 1.88. The van der Waals surface area contributed by atoms with Crippen LogP contribution in [0.3, 0.4) is 0 Å². The van der Waals surface area contributed by atoms with Crippen LogP contribution in [-0.4, -0.2) is 63.8 Å². The maximum atomic E-state index is 12.7. The van der Waals surface area contributed by atoms with E-state index in [2.05, 4.69) is 0 Å². The van der Waals surface area contributed by atoms with E-state index >= 15 is 0 Å². The van der Waals surface area contributed by atoms with E-state index < -0.39 is 47.8 Å². The fourth-order valence-electron chi connectivity index (χ4n) is 3.27. The van der Waals surface area contributed by atoms with Gasteiger partial charge in [0.2, 0.25) is 0 Å². The van der Waals surface area contributed by atoms with Gasteiger partial charge in [0.25, 0.3) is 0 Å². The van der Waals surface area contributed by atoms with Crippen molar-refractivity contribution in [3.05, 3.63) is 66.2 Å². The summed E-state index contributed by atoms with van der Waals surface area (Å²) >= 11 is 1.04. The topological polar surface area (TPSA) is 136 Å². The normalized spacial score (nSPS) is 24.1. The van der Waals surface area contributed by atoms with Crippen LogP contribution in [0.25, 0.3) is 0 Å². The molecule has 2 aromatic carbocycles. The molecule has 0 bridgehead atoms. The van der Waals surface area contributed by atoms with Crippen molar-refractivity contribution >= 4 is 35.5 Å². The SMILES string of the molecule is CC(=O)CCC(=O)O[C@@H]1[C@@H](O)[C@@H](Sc2ccccc2)O[C@H](C(=O)O)[C@H]1OC(=O)c1ccccc1. The number of aliphatic hydroxyl groups excluding tert-OH is 1. The molecule has 0 spiro atoms. The van der Waals surface area contributed by atoms with Crippen LogP contribution in [0.5, 0.6) is 0 Å². The van der Waals surface area contributed by atoms with Crippen molar-refractivity contribution < 1.29 is 43.6 Å². The number of benzene rings is 2. The molecular formula is C24H24O9S. The maximum Gasteiger partial charge on any atom is 0.338 e. The van der Waals surface area contributed by atoms with Crippen molar-refractivity contribution in [2.45, 2.75) is 54.5 Å². The minimum Gasteiger partial charge on any atom is -0.479 e. The molecule has 1 heterocycles. The highest BCUT2D eigenvalue weighted by molar-refractivity contribution is 7.99. The number of esters is 2. The third-order valence-corrected chi connectivity index (χ3v) is 6.13. The quantitative estimate of drug-likeness (QED) is 0.507. The summed E-state index contributed by atoms with van der Waals surface area (Å²) in [7, 11) is 0. The highest BCUT2D eigenvalue weighted by Gasteiger charge is 2.52. The molecule has 0 saturated carbocycles. The van der Waals surface area contributed by atoms with Gasteiger partial charge in [-0.15, -0.1) is 0 Å². The van der Waals surface area contributed by atoms with Crippen molar-refractivity contribution in [2.75, 3.05) is 0 Å². The molecule has 1 saturated heterocycles. The molecule has 0 aliphatic carbocycles. The zero-order chi connectivity index (χ0) is 24.7. The molecule has 10 heteroatoms. The van der Waals surface area contributed by atoms with Gasteiger partial charge >= 0.3 is 17.9 Å². The summed E-state index contributed by atoms with van der Waals surface area (Å²) in [6.07, 6.45) is -6.78. The molecule has 5 atom stereocenters. The molecule has 1 fully saturated rings. The molecule has 180 valence electrons. The summed E-state index contributed by atoms with van der Waals surface area (Å²) in [5.74, 6) is -3.40. The van der Waals surface area contributed by atoms with E-state index in [1.165, 1.54) is 19.1 Å². The molecular weight excluding hydrogens is 464 g/mol. The third kappa shape index (κ3) is 6.66. The van der Waals surface area contributed by atoms with E-state index in [-0.39, 0.29) is 24.2 Å². The zero-order valence-electron chi connectivity index (χ0n) is 18.2. The second-order valence-corrected chi connectivity index (χ2v) is 8.75. The van der Waals surface area contributed by atoms with E-state index in [9.17, 15) is 29.4 Å². The van der Waals surface area contributed by atoms with E-state index in [4.69, 9.17) is 14.2 Å². The first-order valence-electron chi connectivity index (χ1n) is 10.5. The Morgan fingerprint density at radius 3 is 2.12 bits per heavy atom. The van der Waals surface area contributed by atoms with Crippen LogP contribution in [0, 0.1) is 0 Å². The van der Waals surface area contributed by atoms with Crippen LogP contribution < -0.4 is 0 Å². The van der Waals surface area contributed by atoms with Gasteiger partial charge in [0.1, 0.15) is 17.3 Å². The van der Waals surface area contributed by atoms with Gasteiger partial charge in [-0.3, -0.25) is 4.79 Å². The van der Waals surface area contributed by atoms with Crippen molar-refractivity contribution in [1.82, 2.24) is 0 Å². The first-order valence-corrected chi connectivity index (χ1v) is 11.4. The number of ketones is 1. The highest BCUT2D eigenvalue weighted by atomic mass is 32.2. The highest BCUT2D eigenvalue weighted by Crippen LogP contribution is 2.36. The lowest BCUT2D eigenvalue weighted by atomic mass is 9.99. The standard InChI is InChI=1S/C24H24O9S/c1-14(25)12-13-17(26)31-19-18(27)24(34-16-10-6-3-7-11-16)33-21(22(28)29)20(19)32-23(30)15-8-4-2-5-9-15/h2-11,18-21,24,27H,12-13H2,1H3,(H,28,29)/t18-,19-,20+,21+,24-/m1/s1. The monoisotopic (exact) mass is 488 g/mol. The molecule has 0 aromatic heterocycles. The van der Waals surface area contributed by atoms with Gasteiger partial charge < -0.3 is 29.2 Å². The van der Waals surface area contributed by atoms with Gasteiger partial charge in [0.15, 0.2) is 18.3 Å². The predicted octanol–water partition coefficient (Wildman–Crippen LogP) is 2.46. The van der Waals surface area contributed by atoms with Gasteiger partial charge in [-0.2, -0.15) is 0 Å². The van der Waals surface area contributed by atoms with Gasteiger partial charge in [0, 0.05) is 11.3 Å². The van der Waals surface area contributed by atoms with Gasteiger partial charge in [0.05, 0.1) is 12.0 Å². The number of hydrogen-bond donors (Lipinski definition) is 2. The Kier molecular flexibility index (Phi) is 8.80. The summed E-state index contributed by atoms with van der Waals surface area (Å²) in [5.41, 5.74) is -0.996. The van der Waals surface area contributed by atoms with Gasteiger partial charge in [-0.1, -0.05) is 48.2 Å². The number of carboxylic acid groups (broad SMARTS) is 1. The van der Waals surface area contributed by atoms with Crippen LogP contribution >= 0.6 is 11.8 Å². The fourth-order valence-corrected chi connectivity index (χ4v) is 4.33. The molecule has 9 nitrogen and oxygen atoms in total. The molecule has 2 N–H and O–H groups in total. The number of aliphatic carboxylic acids is 1. The van der Waals surface area contributed by atoms with E-state index in [1.807, 2.05) is 0 Å². The maximum absolute atomic E-state index is 12.7. The van der Waals surface area contributed by atoms with E-state index in [0.29, 0.717) is 4.90 Å². The molecule has 0 amide bonds. The van der Waals surface area contributed by atoms with Crippen LogP contribution in [0.1, 0.15) is 30.1 Å². The molecule has 1 aliphatic heterocycles. The average Bonchev–Trinajstić information content (AvgIpc) is 2.82. The number of carboxylic acids is 1. The zero-order valence-corrected chi connectivity index (χ0v) is 19.1. The third-order valence-electron chi connectivity index (χ3n) is 4.96. The van der Waals surface area contributed by atoms with Crippen molar-refractivity contribution in [1.29, 1.82) is 0 Å². The summed E-state index contributed by atoms with van der Waals surface area (Å²) in [4.78, 5) is 49.0. The van der Waals surface area contributed by atoms with Crippen LogP contribution in [0.4, 0.5) is 0 Å². The van der Waals surface area contributed by atoms with Crippen LogP contribution in [0.2, 0.25) is 0 Å². The van der Waals surface area contributed by atoms with Crippen LogP contribution in [0.15, 0.2) is 65.6 Å². The second kappa shape index (κ2) is 11.8. The van der Waals surface area contributed by atoms with E-state index in [1.54, 1.807) is 48.5 Å². The number of thioether (sulfide) groups is 1. The Labute approximate surface area is 200 Å². The predicted molar refractivity (Wildman–Crippen MR) is 120 cm³/mol. The number of hydrogen-bond acceptors (Lipinski definition) is 9. The van der Waals surface area contributed by atoms with Crippen LogP contribution in [-0.2, 0) is 28.6 Å². The molecule has 0 radical (unpaired) electrons. The van der Waals surface area contributed by atoms with Crippen molar-refractivity contribution in [3.63, 3.8) is 0 Å². The molecule has 34 heavy (non-hydrogen) atoms. The Morgan fingerprint density at radius 2 is 1.53 bits per heavy atom. The lowest BCUT2D eigenvalue weighted by Gasteiger charge is -2.41. The summed E-state index contributed by atoms with van der Waals surface area (Å²) in [6.45, 7) is 1.31. The first-order chi connectivity index (χ1) is 16.3. The van der Waals surface area contributed by atoms with Crippen molar-refractivity contribution in [3.8, 4) is 0 Å². The minimum absolute atomic E-state index is 0.0861. The second-order valence-electron chi connectivity index (χ2n) is 7.58. The van der Waals surface area contributed by atoms with E-state index in [0.717, 1.165) is 11.8 Å². The van der Waals surface area contributed by atoms with Gasteiger partial charge in [-0.05, 0) is 31.2 Å². The van der Waals surface area contributed by atoms with Crippen molar-refractivity contribution in [2.24, 2.45) is 0 Å². The number of Topliss-reactive ketones (excluding diaryl/α,β-unsaturated/α-hetero) is 1. The Morgan fingerprint density at radius 1 is 0.912 bits per heavy atom. The summed E-state index contributed by atoms with van der Waals surface area (Å²) in [6, 6.07) is 16.6. The summed E-state index contributed by atoms with van der Waals surface area (Å²) in [5, 5.41) is 20.8. The Hall–Kier alpha value is -3.21. The lowest BCUT2D eigenvalue weighted by Crippen LogP contribution is -2.61. The molecule has 2 aromatic rings. The average molecular weight is 489 g/mol. The number of carbonyl (C=O) groups is 4. The molecule has 0 unspecified atom stereocenters. The molecule has 1 aliphatic rings. The first kappa shape index (κ1) is 25.4. The smallest absolute Gasteiger partial charge is 0.338 e. The lowest BCUT2D eigenvalue weighted by molar-refractivity contribution is -0.221. The Bertz CT molecular complexity index is 1010. The minimum atomic E-state index is -1.72. The number of rotatable bonds is 9. The number of ether oxygens (including phenoxy) is 3. The molecule has 3 rings (SSSR count). The fraction of sp³-hybridized carbons (Fsp3) is 0.333. The largest absolute Gasteiger partial charge is 0.479 e. The summed E-state index contributed by atoms with van der Waals surface area (Å²) < 4.78 is 16.4. The number of aliphatic hydroxyl groups is 1. The number of carbonyl (C=O) groups excluding carboxylic acids is 3.